The Kier molecular flexibility index (Phi) is 6.23. The third-order valence-corrected chi connectivity index (χ3v) is 5.69. The molecule has 1 aromatic carbocycles. The molecular formula is C24H29B2N7. The van der Waals surface area contributed by atoms with Crippen molar-refractivity contribution in [1.82, 2.24) is 25.3 Å². The summed E-state index contributed by atoms with van der Waals surface area (Å²) in [5.74, 6) is 1.12. The average molecular weight is 437 g/mol. The van der Waals surface area contributed by atoms with Crippen molar-refractivity contribution in [1.29, 1.82) is 0 Å². The van der Waals surface area contributed by atoms with Gasteiger partial charge in [0.25, 0.3) is 0 Å². The number of anilines is 3. The molecule has 0 unspecified atom stereocenters. The Balaban J connectivity index is 1.75. The number of aromatic nitrogens is 4. The first-order valence-corrected chi connectivity index (χ1v) is 11.3. The van der Waals surface area contributed by atoms with Gasteiger partial charge in [-0.3, -0.25) is 4.68 Å². The Bertz CT molecular complexity index is 1210. The van der Waals surface area contributed by atoms with Gasteiger partial charge in [-0.25, -0.2) is 0 Å². The summed E-state index contributed by atoms with van der Waals surface area (Å²) in [6.45, 7) is 14.9. The van der Waals surface area contributed by atoms with Crippen LogP contribution in [0.4, 0.5) is 17.2 Å². The second kappa shape index (κ2) is 8.96. The van der Waals surface area contributed by atoms with E-state index in [1.54, 1.807) is 6.92 Å². The molecule has 1 aliphatic carbocycles. The second-order valence-electron chi connectivity index (χ2n) is 8.77. The van der Waals surface area contributed by atoms with Crippen LogP contribution in [0.5, 0.6) is 0 Å². The van der Waals surface area contributed by atoms with Gasteiger partial charge < -0.3 is 16.0 Å². The van der Waals surface area contributed by atoms with E-state index in [9.17, 15) is 0 Å². The maximum Gasteiger partial charge on any atom is 0.154 e. The highest BCUT2D eigenvalue weighted by atomic mass is 15.3. The lowest BCUT2D eigenvalue weighted by Gasteiger charge is -2.25. The Hall–Kier alpha value is -3.22. The summed E-state index contributed by atoms with van der Waals surface area (Å²) in [4.78, 5) is 0. The van der Waals surface area contributed by atoms with Crippen molar-refractivity contribution in [3.63, 3.8) is 0 Å². The summed E-state index contributed by atoms with van der Waals surface area (Å²) in [6.07, 6.45) is 5.05. The maximum absolute atomic E-state index is 5.94. The van der Waals surface area contributed by atoms with Crippen molar-refractivity contribution in [3.8, 4) is 0 Å². The number of hydrogen-bond donors (Lipinski definition) is 3. The van der Waals surface area contributed by atoms with Gasteiger partial charge in [-0.1, -0.05) is 27.0 Å². The molecule has 1 saturated carbocycles. The summed E-state index contributed by atoms with van der Waals surface area (Å²) in [5.41, 5.74) is 5.97. The highest BCUT2D eigenvalue weighted by Gasteiger charge is 2.25. The lowest BCUT2D eigenvalue weighted by Crippen LogP contribution is -2.42. The van der Waals surface area contributed by atoms with E-state index < -0.39 is 5.34 Å². The van der Waals surface area contributed by atoms with Gasteiger partial charge >= 0.3 is 0 Å². The number of nitrogens with one attached hydrogen (secondary N) is 3. The van der Waals surface area contributed by atoms with E-state index in [2.05, 4.69) is 70.4 Å². The molecule has 4 rings (SSSR count). The van der Waals surface area contributed by atoms with Crippen LogP contribution in [0.1, 0.15) is 44.9 Å². The van der Waals surface area contributed by atoms with Crippen LogP contribution < -0.4 is 16.0 Å². The third kappa shape index (κ3) is 5.07. The molecule has 0 amide bonds. The van der Waals surface area contributed by atoms with Gasteiger partial charge in [0.05, 0.1) is 38.8 Å². The highest BCUT2D eigenvalue weighted by molar-refractivity contribution is 6.40. The highest BCUT2D eigenvalue weighted by Crippen LogP contribution is 2.36. The third-order valence-electron chi connectivity index (χ3n) is 5.69. The topological polar surface area (TPSA) is 79.7 Å². The summed E-state index contributed by atoms with van der Waals surface area (Å²) >= 11 is 0. The normalized spacial score (nSPS) is 13.7. The molecule has 2 heterocycles. The van der Waals surface area contributed by atoms with Crippen molar-refractivity contribution in [3.05, 3.63) is 54.5 Å². The van der Waals surface area contributed by atoms with E-state index in [-0.39, 0.29) is 0 Å². The van der Waals surface area contributed by atoms with Crippen LogP contribution in [-0.2, 0) is 13.0 Å². The largest absolute Gasteiger partial charge is 0.396 e. The number of hydrogen-bond acceptors (Lipinski definition) is 6. The molecule has 0 saturated heterocycles. The average Bonchev–Trinajstić information content (AvgIpc) is 3.52. The van der Waals surface area contributed by atoms with Crippen LogP contribution in [-0.4, -0.2) is 41.0 Å². The minimum absolute atomic E-state index is 0.475. The van der Waals surface area contributed by atoms with Gasteiger partial charge in [0.2, 0.25) is 0 Å². The number of aryl methyl sites for hydroxylation is 2. The molecule has 33 heavy (non-hydrogen) atoms. The first kappa shape index (κ1) is 23.0. The Labute approximate surface area is 197 Å². The molecule has 2 aromatic heterocycles. The van der Waals surface area contributed by atoms with Gasteiger partial charge in [0.1, 0.15) is 5.69 Å². The lowest BCUT2D eigenvalue weighted by molar-refractivity contribution is 0.681. The fourth-order valence-electron chi connectivity index (χ4n) is 3.97. The molecule has 1 aliphatic rings. The maximum atomic E-state index is 5.94. The summed E-state index contributed by atoms with van der Waals surface area (Å²) in [7, 11) is 11.9. The van der Waals surface area contributed by atoms with E-state index in [0.29, 0.717) is 23.1 Å². The van der Waals surface area contributed by atoms with Crippen LogP contribution in [0, 0.1) is 5.92 Å². The molecule has 0 bridgehead atoms. The van der Waals surface area contributed by atoms with Crippen molar-refractivity contribution >= 4 is 49.5 Å². The zero-order valence-electron chi connectivity index (χ0n) is 19.6. The number of fused-ring (bicyclic) bond motifs is 1. The van der Waals surface area contributed by atoms with Gasteiger partial charge in [-0.05, 0) is 49.6 Å². The van der Waals surface area contributed by atoms with Crippen molar-refractivity contribution in [2.75, 3.05) is 10.6 Å². The van der Waals surface area contributed by atoms with Crippen molar-refractivity contribution < 1.29 is 0 Å². The van der Waals surface area contributed by atoms with Crippen LogP contribution >= 0.6 is 0 Å². The molecule has 0 aliphatic heterocycles. The number of benzene rings is 1. The molecule has 3 N–H and O–H groups in total. The van der Waals surface area contributed by atoms with Crippen LogP contribution in [0.15, 0.2) is 43.3 Å². The number of allylic oxidation sites excluding steroid dienone is 1. The predicted octanol–water partition coefficient (Wildman–Crippen LogP) is 4.06. The molecule has 7 nitrogen and oxygen atoms in total. The van der Waals surface area contributed by atoms with Crippen LogP contribution in [0.2, 0.25) is 0 Å². The number of rotatable bonds is 10. The van der Waals surface area contributed by atoms with E-state index in [0.717, 1.165) is 53.8 Å². The fourth-order valence-corrected chi connectivity index (χ4v) is 3.97. The minimum atomic E-state index is -1.14. The van der Waals surface area contributed by atoms with Crippen molar-refractivity contribution in [2.45, 2.75) is 51.9 Å². The zero-order chi connectivity index (χ0) is 23.8. The van der Waals surface area contributed by atoms with Gasteiger partial charge in [0.15, 0.2) is 5.82 Å². The molecule has 0 atom stereocenters. The van der Waals surface area contributed by atoms with Gasteiger partial charge in [-0.15, -0.1) is 10.2 Å². The first-order valence-electron chi connectivity index (χ1n) is 11.3. The van der Waals surface area contributed by atoms with Gasteiger partial charge in [-0.2, -0.15) is 5.10 Å². The monoisotopic (exact) mass is 437 g/mol. The predicted molar refractivity (Wildman–Crippen MR) is 138 cm³/mol. The Morgan fingerprint density at radius 3 is 2.58 bits per heavy atom. The Morgan fingerprint density at radius 1 is 1.18 bits per heavy atom. The molecule has 0 spiro atoms. The first-order chi connectivity index (χ1) is 15.7. The minimum Gasteiger partial charge on any atom is -0.396 e. The molecular weight excluding hydrogens is 408 g/mol. The molecule has 166 valence electrons. The van der Waals surface area contributed by atoms with E-state index in [4.69, 9.17) is 15.7 Å². The lowest BCUT2D eigenvalue weighted by atomic mass is 9.63. The van der Waals surface area contributed by atoms with Crippen LogP contribution in [0.25, 0.3) is 16.6 Å². The number of nitrogens with zero attached hydrogens (tertiary/aromatic N) is 4. The van der Waals surface area contributed by atoms with Crippen molar-refractivity contribution in [2.24, 2.45) is 5.92 Å². The fraction of sp³-hybridized carbons (Fsp3) is 0.375. The summed E-state index contributed by atoms with van der Waals surface area (Å²) < 4.78 is 2.02. The van der Waals surface area contributed by atoms with E-state index in [1.165, 1.54) is 5.56 Å². The summed E-state index contributed by atoms with van der Waals surface area (Å²) in [5, 5.41) is 23.1. The Morgan fingerprint density at radius 2 is 1.94 bits per heavy atom. The molecule has 4 radical (unpaired) electrons. The van der Waals surface area contributed by atoms with E-state index >= 15 is 0 Å². The van der Waals surface area contributed by atoms with Crippen LogP contribution in [0.3, 0.4) is 0 Å². The van der Waals surface area contributed by atoms with Gasteiger partial charge in [0, 0.05) is 34.9 Å². The molecule has 1 fully saturated rings. The summed E-state index contributed by atoms with van der Waals surface area (Å²) in [6, 6.07) is 6.05. The molecule has 3 aromatic rings. The molecule has 9 heteroatoms. The zero-order valence-corrected chi connectivity index (χ0v) is 19.6. The second-order valence-corrected chi connectivity index (χ2v) is 8.77. The SMILES string of the molecule is [B]C([B])(C)NC(=C)c1nnc(NC(=C)C2CC2)cc1Nc1ccc2cnn(CC)c2c1CC. The quantitative estimate of drug-likeness (QED) is 0.416. The smallest absolute Gasteiger partial charge is 0.154 e. The van der Waals surface area contributed by atoms with E-state index in [1.807, 2.05) is 16.9 Å². The standard InChI is InChI=1S/C24H29B2N7/c1-6-18-19(11-10-17-13-27-33(7-2)23(17)18)29-20-12-21(28-14(3)16-8-9-16)31-32-22(20)15(4)30-24(5,25)26/h10-13,16,30H,3-4,6-9H2,1-2,5H3,(H2,28,29,31).